The van der Waals surface area contributed by atoms with Gasteiger partial charge < -0.3 is 25.1 Å². The van der Waals surface area contributed by atoms with Crippen LogP contribution in [0.5, 0.6) is 0 Å². The predicted molar refractivity (Wildman–Crippen MR) is 88.3 cm³/mol. The molecule has 3 aromatic rings. The third-order valence-electron chi connectivity index (χ3n) is 3.59. The maximum atomic E-state index is 12.0. The first-order chi connectivity index (χ1) is 11.6. The summed E-state index contributed by atoms with van der Waals surface area (Å²) in [5, 5.41) is 15.2. The van der Waals surface area contributed by atoms with Gasteiger partial charge in [0.1, 0.15) is 11.8 Å². The lowest BCUT2D eigenvalue weighted by atomic mass is 10.2. The van der Waals surface area contributed by atoms with Gasteiger partial charge in [0.2, 0.25) is 0 Å². The molecule has 2 aromatic heterocycles. The molecule has 2 heterocycles. The number of carbonyl (C=O) groups excluding carboxylic acids is 2. The van der Waals surface area contributed by atoms with Gasteiger partial charge in [-0.25, -0.2) is 0 Å². The summed E-state index contributed by atoms with van der Waals surface area (Å²) in [4.78, 5) is 27.2. The highest BCUT2D eigenvalue weighted by atomic mass is 16.3. The van der Waals surface area contributed by atoms with Crippen molar-refractivity contribution in [3.63, 3.8) is 0 Å². The van der Waals surface area contributed by atoms with Gasteiger partial charge in [0, 0.05) is 22.3 Å². The van der Waals surface area contributed by atoms with Crippen LogP contribution in [0.3, 0.4) is 0 Å². The van der Waals surface area contributed by atoms with Crippen LogP contribution in [0.15, 0.2) is 47.1 Å². The Labute approximate surface area is 137 Å². The molecule has 0 bridgehead atoms. The van der Waals surface area contributed by atoms with Gasteiger partial charge in [-0.1, -0.05) is 0 Å². The predicted octanol–water partition coefficient (Wildman–Crippen LogP) is 1.86. The Morgan fingerprint density at radius 2 is 2.08 bits per heavy atom. The van der Waals surface area contributed by atoms with Crippen molar-refractivity contribution in [1.29, 1.82) is 0 Å². The number of aromatic amines is 1. The number of H-pyrrole nitrogens is 1. The summed E-state index contributed by atoms with van der Waals surface area (Å²) in [5.41, 5.74) is 2.48. The zero-order valence-electron chi connectivity index (χ0n) is 13.0. The number of carbonyl (C=O) groups is 2. The first kappa shape index (κ1) is 15.8. The molecule has 7 nitrogen and oxygen atoms in total. The molecule has 0 aliphatic carbocycles. The molecule has 1 atom stereocenters. The summed E-state index contributed by atoms with van der Waals surface area (Å²) in [6, 6.07) is 9.74. The Balaban J connectivity index is 1.67. The molecular formula is C17H17N3O4. The van der Waals surface area contributed by atoms with Gasteiger partial charge in [0.05, 0.1) is 12.9 Å². The summed E-state index contributed by atoms with van der Waals surface area (Å²) >= 11 is 0. The van der Waals surface area contributed by atoms with Crippen LogP contribution < -0.4 is 10.6 Å². The summed E-state index contributed by atoms with van der Waals surface area (Å²) < 4.78 is 5.13. The number of aliphatic hydroxyl groups excluding tert-OH is 1. The quantitative estimate of drug-likeness (QED) is 0.549. The van der Waals surface area contributed by atoms with Crippen molar-refractivity contribution in [3.8, 4) is 0 Å². The minimum Gasteiger partial charge on any atom is -0.467 e. The highest BCUT2D eigenvalue weighted by Gasteiger charge is 2.21. The fourth-order valence-corrected chi connectivity index (χ4v) is 2.46. The summed E-state index contributed by atoms with van der Waals surface area (Å²) in [6.07, 6.45) is 1.43. The Kier molecular flexibility index (Phi) is 4.35. The first-order valence-corrected chi connectivity index (χ1v) is 7.42. The Bertz CT molecular complexity index is 867. The van der Waals surface area contributed by atoms with E-state index in [1.807, 2.05) is 19.1 Å². The molecule has 0 aliphatic heterocycles. The molecule has 0 aliphatic rings. The normalized spacial score (nSPS) is 12.1. The number of amides is 2. The molecule has 1 unspecified atom stereocenters. The van der Waals surface area contributed by atoms with Gasteiger partial charge in [0.25, 0.3) is 0 Å². The van der Waals surface area contributed by atoms with Crippen molar-refractivity contribution in [2.24, 2.45) is 0 Å². The molecule has 0 saturated carbocycles. The van der Waals surface area contributed by atoms with Gasteiger partial charge >= 0.3 is 11.8 Å². The molecule has 4 N–H and O–H groups in total. The summed E-state index contributed by atoms with van der Waals surface area (Å²) in [5.74, 6) is -1.29. The van der Waals surface area contributed by atoms with Gasteiger partial charge in [0.15, 0.2) is 0 Å². The number of hydrogen-bond acceptors (Lipinski definition) is 4. The van der Waals surface area contributed by atoms with Crippen molar-refractivity contribution in [2.75, 3.05) is 11.9 Å². The van der Waals surface area contributed by atoms with E-state index in [0.717, 1.165) is 16.6 Å². The van der Waals surface area contributed by atoms with E-state index in [2.05, 4.69) is 15.6 Å². The molecule has 3 rings (SSSR count). The molecule has 24 heavy (non-hydrogen) atoms. The number of benzene rings is 1. The van der Waals surface area contributed by atoms with E-state index >= 15 is 0 Å². The average Bonchev–Trinajstić information content (AvgIpc) is 3.20. The van der Waals surface area contributed by atoms with E-state index in [-0.39, 0.29) is 6.61 Å². The van der Waals surface area contributed by atoms with E-state index in [4.69, 9.17) is 4.42 Å². The van der Waals surface area contributed by atoms with Gasteiger partial charge in [-0.05, 0) is 43.3 Å². The number of aromatic nitrogens is 1. The van der Waals surface area contributed by atoms with Crippen molar-refractivity contribution in [3.05, 3.63) is 54.1 Å². The lowest BCUT2D eigenvalue weighted by Gasteiger charge is -2.13. The zero-order chi connectivity index (χ0) is 17.1. The maximum absolute atomic E-state index is 12.0. The van der Waals surface area contributed by atoms with Crippen LogP contribution >= 0.6 is 0 Å². The average molecular weight is 327 g/mol. The van der Waals surface area contributed by atoms with Crippen molar-refractivity contribution in [1.82, 2.24) is 10.3 Å². The Morgan fingerprint density at radius 1 is 1.25 bits per heavy atom. The lowest BCUT2D eigenvalue weighted by Crippen LogP contribution is -2.38. The third-order valence-corrected chi connectivity index (χ3v) is 3.59. The third kappa shape index (κ3) is 3.31. The van der Waals surface area contributed by atoms with Crippen LogP contribution in [0.25, 0.3) is 10.9 Å². The number of aryl methyl sites for hydroxylation is 1. The SMILES string of the molecule is Cc1cc2cc(NC(=O)C(=O)NC(CO)c3ccco3)ccc2[nH]1. The maximum Gasteiger partial charge on any atom is 0.313 e. The molecule has 1 aromatic carbocycles. The van der Waals surface area contributed by atoms with Gasteiger partial charge in [-0.2, -0.15) is 0 Å². The van der Waals surface area contributed by atoms with Crippen molar-refractivity contribution >= 4 is 28.4 Å². The van der Waals surface area contributed by atoms with E-state index in [9.17, 15) is 14.7 Å². The van der Waals surface area contributed by atoms with E-state index in [1.165, 1.54) is 6.26 Å². The number of anilines is 1. The second-order valence-corrected chi connectivity index (χ2v) is 5.43. The number of fused-ring (bicyclic) bond motifs is 1. The van der Waals surface area contributed by atoms with Crippen LogP contribution in [0.1, 0.15) is 17.5 Å². The molecule has 2 amide bonds. The molecule has 0 fully saturated rings. The molecule has 7 heteroatoms. The Hall–Kier alpha value is -3.06. The van der Waals surface area contributed by atoms with E-state index in [0.29, 0.717) is 11.4 Å². The number of furan rings is 1. The van der Waals surface area contributed by atoms with Crippen LogP contribution in [0, 0.1) is 6.92 Å². The second-order valence-electron chi connectivity index (χ2n) is 5.43. The van der Waals surface area contributed by atoms with Gasteiger partial charge in [-0.3, -0.25) is 9.59 Å². The summed E-state index contributed by atoms with van der Waals surface area (Å²) in [6.45, 7) is 1.57. The summed E-state index contributed by atoms with van der Waals surface area (Å²) in [7, 11) is 0. The Morgan fingerprint density at radius 3 is 2.79 bits per heavy atom. The topological polar surface area (TPSA) is 107 Å². The van der Waals surface area contributed by atoms with Crippen LogP contribution in [-0.2, 0) is 9.59 Å². The number of aliphatic hydroxyl groups is 1. The fraction of sp³-hybridized carbons (Fsp3) is 0.176. The largest absolute Gasteiger partial charge is 0.467 e. The minimum atomic E-state index is -0.851. The molecule has 124 valence electrons. The number of nitrogens with one attached hydrogen (secondary N) is 3. The van der Waals surface area contributed by atoms with Crippen molar-refractivity contribution in [2.45, 2.75) is 13.0 Å². The van der Waals surface area contributed by atoms with E-state index < -0.39 is 17.9 Å². The molecular weight excluding hydrogens is 310 g/mol. The highest BCUT2D eigenvalue weighted by Crippen LogP contribution is 2.20. The standard InChI is InChI=1S/C17H17N3O4/c1-10-7-11-8-12(4-5-13(11)18-10)19-16(22)17(23)20-14(9-21)15-3-2-6-24-15/h2-8,14,18,21H,9H2,1H3,(H,19,22)(H,20,23). The zero-order valence-corrected chi connectivity index (χ0v) is 13.0. The number of rotatable bonds is 4. The van der Waals surface area contributed by atoms with Crippen LogP contribution in [0.2, 0.25) is 0 Å². The van der Waals surface area contributed by atoms with Crippen molar-refractivity contribution < 1.29 is 19.1 Å². The van der Waals surface area contributed by atoms with E-state index in [1.54, 1.807) is 24.3 Å². The monoisotopic (exact) mass is 327 g/mol. The smallest absolute Gasteiger partial charge is 0.313 e. The lowest BCUT2D eigenvalue weighted by molar-refractivity contribution is -0.136. The highest BCUT2D eigenvalue weighted by molar-refractivity contribution is 6.39. The number of hydrogen-bond donors (Lipinski definition) is 4. The fourth-order valence-electron chi connectivity index (χ4n) is 2.46. The molecule has 0 radical (unpaired) electrons. The first-order valence-electron chi connectivity index (χ1n) is 7.42. The molecule has 0 saturated heterocycles. The minimum absolute atomic E-state index is 0.374. The van der Waals surface area contributed by atoms with Crippen LogP contribution in [-0.4, -0.2) is 28.5 Å². The van der Waals surface area contributed by atoms with Gasteiger partial charge in [-0.15, -0.1) is 0 Å². The molecule has 0 spiro atoms. The second kappa shape index (κ2) is 6.59. The van der Waals surface area contributed by atoms with Crippen LogP contribution in [0.4, 0.5) is 5.69 Å².